The minimum absolute atomic E-state index is 0.00274. The number of hydrogen-bond donors (Lipinski definition) is 1. The van der Waals surface area contributed by atoms with Crippen LogP contribution < -0.4 is 10.2 Å². The van der Waals surface area contributed by atoms with E-state index in [1.807, 2.05) is 0 Å². The van der Waals surface area contributed by atoms with Crippen LogP contribution in [0.25, 0.3) is 0 Å². The molecule has 2 amide bonds. The van der Waals surface area contributed by atoms with Gasteiger partial charge in [0.2, 0.25) is 5.91 Å². The highest BCUT2D eigenvalue weighted by Crippen LogP contribution is 2.31. The fourth-order valence-corrected chi connectivity index (χ4v) is 5.61. The lowest BCUT2D eigenvalue weighted by Crippen LogP contribution is -2.41. The Morgan fingerprint density at radius 1 is 1.42 bits per heavy atom. The van der Waals surface area contributed by atoms with Crippen molar-refractivity contribution in [2.75, 3.05) is 23.0 Å². The summed E-state index contributed by atoms with van der Waals surface area (Å²) in [6.45, 7) is 1.70. The number of sulfone groups is 1. The van der Waals surface area contributed by atoms with Gasteiger partial charge in [-0.15, -0.1) is 0 Å². The number of halogens is 1. The van der Waals surface area contributed by atoms with Crippen molar-refractivity contribution in [3.05, 3.63) is 29.3 Å². The average Bonchev–Trinajstić information content (AvgIpc) is 3.10. The quantitative estimate of drug-likeness (QED) is 0.803. The highest BCUT2D eigenvalue weighted by atomic mass is 35.5. The number of anilines is 1. The van der Waals surface area contributed by atoms with Crippen LogP contribution >= 0.6 is 23.4 Å². The lowest BCUT2D eigenvalue weighted by Gasteiger charge is -2.21. The number of amides is 2. The second-order valence-electron chi connectivity index (χ2n) is 6.15. The molecule has 1 aromatic rings. The summed E-state index contributed by atoms with van der Waals surface area (Å²) in [6, 6.07) is 6.58. The number of thioether (sulfide) groups is 1. The number of aliphatic imine (C=N–C) groups is 1. The van der Waals surface area contributed by atoms with Crippen LogP contribution in [0.4, 0.5) is 5.69 Å². The lowest BCUT2D eigenvalue weighted by atomic mass is 10.2. The number of rotatable bonds is 4. The Balaban J connectivity index is 1.66. The number of para-hydroxylation sites is 1. The SMILES string of the molecule is C[C@@H](SC1=NCC(=O)N1c1ccccc1Cl)C(=O)N[C@H]1CCS(=O)(=O)C1. The van der Waals surface area contributed by atoms with Gasteiger partial charge in [-0.1, -0.05) is 35.5 Å². The second kappa shape index (κ2) is 7.58. The highest BCUT2D eigenvalue weighted by molar-refractivity contribution is 8.15. The standard InChI is InChI=1S/C16H18ClN3O4S2/c1-10(15(22)19-11-6-7-26(23,24)9-11)25-16-18-8-14(21)20(16)13-5-3-2-4-12(13)17/h2-5,10-11H,6-9H2,1H3,(H,19,22)/t10-,11+/m1/s1. The van der Waals surface area contributed by atoms with E-state index in [0.29, 0.717) is 22.3 Å². The van der Waals surface area contributed by atoms with Crippen molar-refractivity contribution < 1.29 is 18.0 Å². The van der Waals surface area contributed by atoms with Crippen LogP contribution in [-0.4, -0.2) is 54.7 Å². The summed E-state index contributed by atoms with van der Waals surface area (Å²) in [7, 11) is -3.06. The fourth-order valence-electron chi connectivity index (χ4n) is 2.78. The van der Waals surface area contributed by atoms with Gasteiger partial charge in [0.25, 0.3) is 5.91 Å². The zero-order chi connectivity index (χ0) is 18.9. The molecule has 2 atom stereocenters. The number of carbonyl (C=O) groups is 2. The molecule has 2 heterocycles. The molecule has 140 valence electrons. The maximum atomic E-state index is 12.4. The summed E-state index contributed by atoms with van der Waals surface area (Å²) in [5.74, 6) is -0.421. The van der Waals surface area contributed by atoms with Crippen molar-refractivity contribution in [3.8, 4) is 0 Å². The van der Waals surface area contributed by atoms with Crippen molar-refractivity contribution in [2.24, 2.45) is 4.99 Å². The van der Waals surface area contributed by atoms with E-state index in [9.17, 15) is 18.0 Å². The Morgan fingerprint density at radius 3 is 2.81 bits per heavy atom. The first-order chi connectivity index (χ1) is 12.3. The predicted octanol–water partition coefficient (Wildman–Crippen LogP) is 1.47. The van der Waals surface area contributed by atoms with E-state index in [0.717, 1.165) is 11.8 Å². The molecule has 0 radical (unpaired) electrons. The van der Waals surface area contributed by atoms with Crippen LogP contribution in [0, 0.1) is 0 Å². The zero-order valence-corrected chi connectivity index (χ0v) is 16.4. The molecule has 2 aliphatic rings. The average molecular weight is 416 g/mol. The Hall–Kier alpha value is -1.58. The molecule has 10 heteroatoms. The summed E-state index contributed by atoms with van der Waals surface area (Å²) >= 11 is 7.33. The van der Waals surface area contributed by atoms with Crippen LogP contribution in [0.5, 0.6) is 0 Å². The number of nitrogens with one attached hydrogen (secondary N) is 1. The molecule has 2 aliphatic heterocycles. The number of amidine groups is 1. The normalized spacial score (nSPS) is 23.0. The third kappa shape index (κ3) is 4.21. The number of nitrogens with zero attached hydrogens (tertiary/aromatic N) is 2. The minimum atomic E-state index is -3.06. The van der Waals surface area contributed by atoms with Crippen molar-refractivity contribution in [1.82, 2.24) is 5.32 Å². The molecule has 26 heavy (non-hydrogen) atoms. The van der Waals surface area contributed by atoms with Gasteiger partial charge < -0.3 is 5.32 Å². The summed E-state index contributed by atoms with van der Waals surface area (Å²) in [4.78, 5) is 30.2. The van der Waals surface area contributed by atoms with Gasteiger partial charge >= 0.3 is 0 Å². The second-order valence-corrected chi connectivity index (χ2v) is 10.1. The summed E-state index contributed by atoms with van der Waals surface area (Å²) < 4.78 is 23.0. The van der Waals surface area contributed by atoms with Gasteiger partial charge in [-0.05, 0) is 25.5 Å². The van der Waals surface area contributed by atoms with E-state index < -0.39 is 15.1 Å². The van der Waals surface area contributed by atoms with Crippen LogP contribution in [-0.2, 0) is 19.4 Å². The predicted molar refractivity (Wildman–Crippen MR) is 103 cm³/mol. The molecule has 1 fully saturated rings. The molecule has 0 aromatic heterocycles. The van der Waals surface area contributed by atoms with Crippen LogP contribution in [0.1, 0.15) is 13.3 Å². The first kappa shape index (κ1) is 19.2. The van der Waals surface area contributed by atoms with Gasteiger partial charge in [-0.25, -0.2) is 8.42 Å². The maximum Gasteiger partial charge on any atom is 0.254 e. The molecular formula is C16H18ClN3O4S2. The smallest absolute Gasteiger partial charge is 0.254 e. The van der Waals surface area contributed by atoms with Crippen LogP contribution in [0.2, 0.25) is 5.02 Å². The van der Waals surface area contributed by atoms with E-state index >= 15 is 0 Å². The number of benzene rings is 1. The van der Waals surface area contributed by atoms with Gasteiger partial charge in [0.1, 0.15) is 6.54 Å². The first-order valence-electron chi connectivity index (χ1n) is 8.06. The Kier molecular flexibility index (Phi) is 5.59. The van der Waals surface area contributed by atoms with E-state index in [-0.39, 0.29) is 35.9 Å². The van der Waals surface area contributed by atoms with Gasteiger partial charge in [-0.2, -0.15) is 0 Å². The maximum absolute atomic E-state index is 12.4. The lowest BCUT2D eigenvalue weighted by molar-refractivity contribution is -0.121. The molecule has 0 saturated carbocycles. The van der Waals surface area contributed by atoms with Gasteiger partial charge in [0.15, 0.2) is 15.0 Å². The molecule has 7 nitrogen and oxygen atoms in total. The molecule has 1 N–H and O–H groups in total. The largest absolute Gasteiger partial charge is 0.351 e. The minimum Gasteiger partial charge on any atom is -0.351 e. The topological polar surface area (TPSA) is 95.9 Å². The Labute approximate surface area is 161 Å². The van der Waals surface area contributed by atoms with Gasteiger partial charge in [0.05, 0.1) is 27.5 Å². The van der Waals surface area contributed by atoms with E-state index in [2.05, 4.69) is 10.3 Å². The highest BCUT2D eigenvalue weighted by Gasteiger charge is 2.33. The molecule has 1 saturated heterocycles. The zero-order valence-electron chi connectivity index (χ0n) is 14.0. The molecule has 1 aromatic carbocycles. The van der Waals surface area contributed by atoms with Crippen LogP contribution in [0.15, 0.2) is 29.3 Å². The summed E-state index contributed by atoms with van der Waals surface area (Å²) in [6.07, 6.45) is 0.427. The molecule has 3 rings (SSSR count). The molecule has 0 aliphatic carbocycles. The van der Waals surface area contributed by atoms with E-state index in [4.69, 9.17) is 11.6 Å². The molecule has 0 bridgehead atoms. The van der Waals surface area contributed by atoms with E-state index in [1.165, 1.54) is 4.90 Å². The van der Waals surface area contributed by atoms with Gasteiger partial charge in [-0.3, -0.25) is 19.5 Å². The number of hydrogen-bond acceptors (Lipinski definition) is 6. The Morgan fingerprint density at radius 2 is 2.15 bits per heavy atom. The van der Waals surface area contributed by atoms with Crippen LogP contribution in [0.3, 0.4) is 0 Å². The monoisotopic (exact) mass is 415 g/mol. The van der Waals surface area contributed by atoms with Crippen molar-refractivity contribution >= 4 is 55.9 Å². The summed E-state index contributed by atoms with van der Waals surface area (Å²) in [5, 5.41) is 3.06. The van der Waals surface area contributed by atoms with Crippen molar-refractivity contribution in [3.63, 3.8) is 0 Å². The fraction of sp³-hybridized carbons (Fsp3) is 0.438. The third-order valence-electron chi connectivity index (χ3n) is 4.11. The third-order valence-corrected chi connectivity index (χ3v) is 7.29. The van der Waals surface area contributed by atoms with E-state index in [1.54, 1.807) is 31.2 Å². The molecular weight excluding hydrogens is 398 g/mol. The van der Waals surface area contributed by atoms with Crippen molar-refractivity contribution in [2.45, 2.75) is 24.6 Å². The first-order valence-corrected chi connectivity index (χ1v) is 11.1. The molecule has 0 spiro atoms. The number of carbonyl (C=O) groups excluding carboxylic acids is 2. The molecule has 0 unspecified atom stereocenters. The van der Waals surface area contributed by atoms with Gasteiger partial charge in [0, 0.05) is 6.04 Å². The van der Waals surface area contributed by atoms with Crippen molar-refractivity contribution in [1.29, 1.82) is 0 Å². The Bertz CT molecular complexity index is 872. The summed E-state index contributed by atoms with van der Waals surface area (Å²) in [5.41, 5.74) is 0.525.